The first-order chi connectivity index (χ1) is 9.12. The maximum atomic E-state index is 6.08. The van der Waals surface area contributed by atoms with Crippen LogP contribution in [0.2, 0.25) is 0 Å². The summed E-state index contributed by atoms with van der Waals surface area (Å²) >= 11 is 0. The highest BCUT2D eigenvalue weighted by Gasteiger charge is 2.10. The van der Waals surface area contributed by atoms with Gasteiger partial charge in [-0.1, -0.05) is 45.2 Å². The Kier molecular flexibility index (Phi) is 6.93. The Morgan fingerprint density at radius 2 is 1.79 bits per heavy atom. The normalized spacial score (nSPS) is 12.5. The molecule has 2 heteroatoms. The highest BCUT2D eigenvalue weighted by Crippen LogP contribution is 2.26. The van der Waals surface area contributed by atoms with Gasteiger partial charge in [0.2, 0.25) is 0 Å². The molecule has 1 atom stereocenters. The van der Waals surface area contributed by atoms with Crippen LogP contribution < -0.4 is 10.5 Å². The zero-order valence-electron chi connectivity index (χ0n) is 13.0. The van der Waals surface area contributed by atoms with Crippen molar-refractivity contribution in [1.29, 1.82) is 0 Å². The van der Waals surface area contributed by atoms with E-state index in [1.807, 2.05) is 0 Å². The molecule has 19 heavy (non-hydrogen) atoms. The van der Waals surface area contributed by atoms with Crippen molar-refractivity contribution in [3.8, 4) is 5.75 Å². The second kappa shape index (κ2) is 8.21. The van der Waals surface area contributed by atoms with Crippen molar-refractivity contribution in [3.05, 3.63) is 28.8 Å². The van der Waals surface area contributed by atoms with Crippen molar-refractivity contribution < 1.29 is 4.74 Å². The van der Waals surface area contributed by atoms with E-state index in [1.165, 1.54) is 42.4 Å². The fraction of sp³-hybridized carbons (Fsp3) is 0.647. The molecule has 0 aliphatic heterocycles. The Bertz CT molecular complexity index is 364. The molecule has 0 saturated heterocycles. The van der Waals surface area contributed by atoms with Gasteiger partial charge in [0.1, 0.15) is 5.75 Å². The molecule has 0 bridgehead atoms. The van der Waals surface area contributed by atoms with E-state index in [2.05, 4.69) is 39.8 Å². The van der Waals surface area contributed by atoms with E-state index in [9.17, 15) is 0 Å². The zero-order valence-corrected chi connectivity index (χ0v) is 13.0. The third-order valence-electron chi connectivity index (χ3n) is 3.76. The quantitative estimate of drug-likeness (QED) is 0.756. The van der Waals surface area contributed by atoms with Crippen molar-refractivity contribution >= 4 is 0 Å². The lowest BCUT2D eigenvalue weighted by Gasteiger charge is -2.18. The molecule has 1 unspecified atom stereocenters. The highest BCUT2D eigenvalue weighted by molar-refractivity contribution is 5.43. The summed E-state index contributed by atoms with van der Waals surface area (Å²) in [5.41, 5.74) is 9.28. The van der Waals surface area contributed by atoms with Crippen LogP contribution in [0.15, 0.2) is 12.1 Å². The number of benzene rings is 1. The minimum absolute atomic E-state index is 0.593. The van der Waals surface area contributed by atoms with Gasteiger partial charge in [0.05, 0.1) is 6.61 Å². The van der Waals surface area contributed by atoms with E-state index < -0.39 is 0 Å². The van der Waals surface area contributed by atoms with E-state index in [-0.39, 0.29) is 0 Å². The van der Waals surface area contributed by atoms with Crippen molar-refractivity contribution in [2.24, 2.45) is 11.7 Å². The number of ether oxygens (including phenoxy) is 1. The van der Waals surface area contributed by atoms with Gasteiger partial charge < -0.3 is 10.5 Å². The van der Waals surface area contributed by atoms with Crippen molar-refractivity contribution in [2.45, 2.75) is 59.9 Å². The van der Waals surface area contributed by atoms with Gasteiger partial charge in [-0.05, 0) is 42.9 Å². The second-order valence-corrected chi connectivity index (χ2v) is 5.49. The van der Waals surface area contributed by atoms with Gasteiger partial charge >= 0.3 is 0 Å². The Labute approximate surface area is 118 Å². The Morgan fingerprint density at radius 3 is 2.26 bits per heavy atom. The summed E-state index contributed by atoms with van der Waals surface area (Å²) in [6, 6.07) is 4.27. The second-order valence-electron chi connectivity index (χ2n) is 5.49. The molecule has 2 nitrogen and oxygen atoms in total. The first-order valence-electron chi connectivity index (χ1n) is 7.55. The maximum absolute atomic E-state index is 6.08. The monoisotopic (exact) mass is 263 g/mol. The van der Waals surface area contributed by atoms with Crippen LogP contribution >= 0.6 is 0 Å². The lowest BCUT2D eigenvalue weighted by atomic mass is 10.0. The van der Waals surface area contributed by atoms with E-state index in [1.54, 1.807) is 0 Å². The van der Waals surface area contributed by atoms with Gasteiger partial charge in [-0.2, -0.15) is 0 Å². The predicted octanol–water partition coefficient (Wildman–Crippen LogP) is 4.36. The van der Waals surface area contributed by atoms with Gasteiger partial charge in [-0.3, -0.25) is 0 Å². The van der Waals surface area contributed by atoms with Crippen LogP contribution in [0.3, 0.4) is 0 Å². The SMILES string of the molecule is CCCCC(CC)COc1c(C)cc(CN)cc1C. The third kappa shape index (κ3) is 4.87. The van der Waals surface area contributed by atoms with E-state index in [0.29, 0.717) is 12.5 Å². The summed E-state index contributed by atoms with van der Waals surface area (Å²) in [6.45, 7) is 10.1. The molecule has 0 fully saturated rings. The summed E-state index contributed by atoms with van der Waals surface area (Å²) in [6.07, 6.45) is 5.02. The number of nitrogens with two attached hydrogens (primary N) is 1. The third-order valence-corrected chi connectivity index (χ3v) is 3.76. The highest BCUT2D eigenvalue weighted by atomic mass is 16.5. The fourth-order valence-electron chi connectivity index (χ4n) is 2.48. The first kappa shape index (κ1) is 16.0. The Morgan fingerprint density at radius 1 is 1.16 bits per heavy atom. The summed E-state index contributed by atoms with van der Waals surface area (Å²) in [7, 11) is 0. The summed E-state index contributed by atoms with van der Waals surface area (Å²) in [4.78, 5) is 0. The molecule has 1 aromatic carbocycles. The predicted molar refractivity (Wildman–Crippen MR) is 82.6 cm³/mol. The van der Waals surface area contributed by atoms with Gasteiger partial charge in [0.15, 0.2) is 0 Å². The smallest absolute Gasteiger partial charge is 0.125 e. The zero-order chi connectivity index (χ0) is 14.3. The average molecular weight is 263 g/mol. The van der Waals surface area contributed by atoms with Crippen LogP contribution in [0.25, 0.3) is 0 Å². The number of rotatable bonds is 8. The van der Waals surface area contributed by atoms with Crippen molar-refractivity contribution in [1.82, 2.24) is 0 Å². The molecular weight excluding hydrogens is 234 g/mol. The van der Waals surface area contributed by atoms with E-state index in [0.717, 1.165) is 12.4 Å². The molecule has 1 rings (SSSR count). The summed E-state index contributed by atoms with van der Waals surface area (Å²) < 4.78 is 6.08. The van der Waals surface area contributed by atoms with Crippen LogP contribution in [0.5, 0.6) is 5.75 Å². The molecule has 0 spiro atoms. The van der Waals surface area contributed by atoms with Crippen molar-refractivity contribution in [3.63, 3.8) is 0 Å². The Hall–Kier alpha value is -1.02. The summed E-state index contributed by atoms with van der Waals surface area (Å²) in [5.74, 6) is 1.72. The van der Waals surface area contributed by atoms with Crippen LogP contribution in [-0.4, -0.2) is 6.61 Å². The fourth-order valence-corrected chi connectivity index (χ4v) is 2.48. The standard InChI is InChI=1S/C17H29NO/c1-5-7-8-15(6-2)12-19-17-13(3)9-16(11-18)10-14(17)4/h9-10,15H,5-8,11-12,18H2,1-4H3. The van der Waals surface area contributed by atoms with Crippen LogP contribution in [0.1, 0.15) is 56.2 Å². The molecule has 1 aromatic rings. The van der Waals surface area contributed by atoms with E-state index >= 15 is 0 Å². The van der Waals surface area contributed by atoms with Gasteiger partial charge in [0, 0.05) is 6.54 Å². The molecular formula is C17H29NO. The molecule has 0 heterocycles. The van der Waals surface area contributed by atoms with Gasteiger partial charge in [-0.15, -0.1) is 0 Å². The molecule has 0 amide bonds. The minimum atomic E-state index is 0.593. The largest absolute Gasteiger partial charge is 0.493 e. The maximum Gasteiger partial charge on any atom is 0.125 e. The Balaban J connectivity index is 2.66. The molecule has 0 saturated carbocycles. The molecule has 0 aliphatic carbocycles. The number of aryl methyl sites for hydroxylation is 2. The van der Waals surface area contributed by atoms with Crippen LogP contribution in [0.4, 0.5) is 0 Å². The average Bonchev–Trinajstić information content (AvgIpc) is 2.40. The lowest BCUT2D eigenvalue weighted by Crippen LogP contribution is -2.12. The molecule has 0 aromatic heterocycles. The molecule has 2 N–H and O–H groups in total. The van der Waals surface area contributed by atoms with Crippen LogP contribution in [0, 0.1) is 19.8 Å². The molecule has 0 radical (unpaired) electrons. The topological polar surface area (TPSA) is 35.2 Å². The van der Waals surface area contributed by atoms with Crippen molar-refractivity contribution in [2.75, 3.05) is 6.61 Å². The van der Waals surface area contributed by atoms with Crippen LogP contribution in [-0.2, 0) is 6.54 Å². The molecule has 0 aliphatic rings. The number of unbranched alkanes of at least 4 members (excludes halogenated alkanes) is 1. The minimum Gasteiger partial charge on any atom is -0.493 e. The number of hydrogen-bond donors (Lipinski definition) is 1. The summed E-state index contributed by atoms with van der Waals surface area (Å²) in [5, 5.41) is 0. The molecule has 108 valence electrons. The van der Waals surface area contributed by atoms with Gasteiger partial charge in [0.25, 0.3) is 0 Å². The number of hydrogen-bond acceptors (Lipinski definition) is 2. The van der Waals surface area contributed by atoms with Gasteiger partial charge in [-0.25, -0.2) is 0 Å². The first-order valence-corrected chi connectivity index (χ1v) is 7.55. The van der Waals surface area contributed by atoms with E-state index in [4.69, 9.17) is 10.5 Å². The lowest BCUT2D eigenvalue weighted by molar-refractivity contribution is 0.231.